The van der Waals surface area contributed by atoms with Gasteiger partial charge in [-0.25, -0.2) is 15.6 Å². The number of cyclic esters (lactones) is 1. The van der Waals surface area contributed by atoms with Gasteiger partial charge in [0.2, 0.25) is 0 Å². The molecule has 7 rings (SSSR count). The van der Waals surface area contributed by atoms with E-state index < -0.39 is 11.6 Å². The molecule has 0 fully saturated rings. The van der Waals surface area contributed by atoms with E-state index in [9.17, 15) is 14.7 Å². The molecular weight excluding hydrogens is 544 g/mol. The van der Waals surface area contributed by atoms with Gasteiger partial charge in [-0.2, -0.15) is 0 Å². The summed E-state index contributed by atoms with van der Waals surface area (Å²) < 4.78 is 6.86. The second-order valence-corrected chi connectivity index (χ2v) is 11.1. The summed E-state index contributed by atoms with van der Waals surface area (Å²) in [4.78, 5) is 31.5. The van der Waals surface area contributed by atoms with Gasteiger partial charge in [-0.15, -0.1) is 0 Å². The number of ether oxygens (including phenoxy) is 1. The zero-order valence-corrected chi connectivity index (χ0v) is 23.5. The molecule has 0 spiro atoms. The third kappa shape index (κ3) is 4.06. The van der Waals surface area contributed by atoms with Crippen LogP contribution < -0.4 is 22.9 Å². The predicted octanol–water partition coefficient (Wildman–Crippen LogP) is 3.45. The Morgan fingerprint density at radius 1 is 1.12 bits per heavy atom. The number of aliphatic hydroxyl groups is 1. The zero-order valence-electron chi connectivity index (χ0n) is 23.5. The van der Waals surface area contributed by atoms with Gasteiger partial charge in [0.25, 0.3) is 5.56 Å². The van der Waals surface area contributed by atoms with Gasteiger partial charge in [0.05, 0.1) is 41.3 Å². The molecule has 2 aliphatic heterocycles. The molecule has 3 aromatic carbocycles. The smallest absolute Gasteiger partial charge is 0.343 e. The molecule has 0 saturated carbocycles. The van der Waals surface area contributed by atoms with Gasteiger partial charge in [0, 0.05) is 28.4 Å². The fourth-order valence-corrected chi connectivity index (χ4v) is 6.28. The Hall–Kier alpha value is -5.19. The summed E-state index contributed by atoms with van der Waals surface area (Å²) in [6.07, 6.45) is 1.74. The highest BCUT2D eigenvalue weighted by atomic mass is 16.6. The fraction of sp³-hybridized carbons (Fsp3) is 0.182. The molecule has 0 unspecified atom stereocenters. The van der Waals surface area contributed by atoms with Crippen molar-refractivity contribution in [1.82, 2.24) is 14.6 Å². The Kier molecular flexibility index (Phi) is 6.01. The summed E-state index contributed by atoms with van der Waals surface area (Å²) in [7, 11) is 0. The van der Waals surface area contributed by atoms with Crippen molar-refractivity contribution in [3.05, 3.63) is 111 Å². The van der Waals surface area contributed by atoms with Crippen LogP contribution in [-0.4, -0.2) is 25.6 Å². The van der Waals surface area contributed by atoms with E-state index in [1.54, 1.807) is 35.9 Å². The number of benzene rings is 3. The molecule has 0 aliphatic carbocycles. The number of anilines is 1. The molecule has 5 aromatic rings. The molecule has 4 heterocycles. The van der Waals surface area contributed by atoms with Crippen LogP contribution in [0.2, 0.25) is 0 Å². The number of nitrogen functional groups attached to an aromatic ring is 1. The van der Waals surface area contributed by atoms with Crippen molar-refractivity contribution in [3.8, 4) is 11.4 Å². The lowest BCUT2D eigenvalue weighted by molar-refractivity contribution is -0.172. The molecule has 0 bridgehead atoms. The first-order valence-corrected chi connectivity index (χ1v) is 14.0. The van der Waals surface area contributed by atoms with Crippen LogP contribution in [0.3, 0.4) is 0 Å². The van der Waals surface area contributed by atoms with Crippen LogP contribution >= 0.6 is 0 Å². The highest BCUT2D eigenvalue weighted by Crippen LogP contribution is 2.41. The third-order valence-corrected chi connectivity index (χ3v) is 8.58. The SMILES string of the molecule is CC[C@@]1(O)C(=O)OCc2c1cc1n(c2=O)Cc2c-1nc1ccc3ccccc3c1c2CN(N)/C=C(\N)c1ccc(N)cc1. The number of nitrogens with two attached hydrogens (primary N) is 3. The first-order valence-electron chi connectivity index (χ1n) is 14.0. The summed E-state index contributed by atoms with van der Waals surface area (Å²) in [6.45, 7) is 2.02. The third-order valence-electron chi connectivity index (χ3n) is 8.58. The molecule has 43 heavy (non-hydrogen) atoms. The quantitative estimate of drug-likeness (QED) is 0.0794. The summed E-state index contributed by atoms with van der Waals surface area (Å²) in [5.41, 5.74) is 16.1. The van der Waals surface area contributed by atoms with E-state index in [1.165, 1.54) is 5.01 Å². The molecule has 1 atom stereocenters. The number of esters is 1. The highest BCUT2D eigenvalue weighted by molar-refractivity contribution is 6.09. The average Bonchev–Trinajstić information content (AvgIpc) is 3.38. The molecule has 2 aromatic heterocycles. The number of hydrogen-bond acceptors (Lipinski definition) is 9. The first kappa shape index (κ1) is 26.7. The minimum Gasteiger partial charge on any atom is -0.458 e. The number of rotatable bonds is 5. The number of hydrogen-bond donors (Lipinski definition) is 4. The summed E-state index contributed by atoms with van der Waals surface area (Å²) >= 11 is 0. The molecule has 2 aliphatic rings. The Labute approximate surface area is 246 Å². The van der Waals surface area contributed by atoms with E-state index in [4.69, 9.17) is 27.0 Å². The van der Waals surface area contributed by atoms with E-state index in [0.717, 1.165) is 38.4 Å². The van der Waals surface area contributed by atoms with Crippen LogP contribution in [0, 0.1) is 0 Å². The van der Waals surface area contributed by atoms with Crippen LogP contribution in [-0.2, 0) is 34.8 Å². The van der Waals surface area contributed by atoms with Crippen LogP contribution in [0.1, 0.15) is 41.2 Å². The van der Waals surface area contributed by atoms with Crippen LogP contribution in [0.15, 0.2) is 77.7 Å². The topological polar surface area (TPSA) is 163 Å². The van der Waals surface area contributed by atoms with Crippen molar-refractivity contribution in [2.75, 3.05) is 5.73 Å². The number of carbonyl (C=O) groups excluding carboxylic acids is 1. The van der Waals surface area contributed by atoms with Gasteiger partial charge in [-0.1, -0.05) is 49.4 Å². The van der Waals surface area contributed by atoms with Crippen molar-refractivity contribution in [1.29, 1.82) is 0 Å². The second-order valence-electron chi connectivity index (χ2n) is 11.1. The number of nitrogens with zero attached hydrogens (tertiary/aromatic N) is 3. The number of hydrazine groups is 1. The molecule has 10 nitrogen and oxygen atoms in total. The normalized spacial score (nSPS) is 17.5. The summed E-state index contributed by atoms with van der Waals surface area (Å²) in [5.74, 6) is 5.83. The Morgan fingerprint density at radius 2 is 1.88 bits per heavy atom. The predicted molar refractivity (Wildman–Crippen MR) is 165 cm³/mol. The molecule has 7 N–H and O–H groups in total. The van der Waals surface area contributed by atoms with Gasteiger partial charge >= 0.3 is 5.97 Å². The van der Waals surface area contributed by atoms with Crippen molar-refractivity contribution in [2.24, 2.45) is 11.6 Å². The van der Waals surface area contributed by atoms with E-state index in [1.807, 2.05) is 48.5 Å². The number of aromatic nitrogens is 2. The summed E-state index contributed by atoms with van der Waals surface area (Å²) in [6, 6.07) is 21.0. The van der Waals surface area contributed by atoms with E-state index >= 15 is 0 Å². The molecule has 0 saturated heterocycles. The van der Waals surface area contributed by atoms with E-state index in [2.05, 4.69) is 0 Å². The molecule has 0 amide bonds. The largest absolute Gasteiger partial charge is 0.458 e. The lowest BCUT2D eigenvalue weighted by Crippen LogP contribution is -2.44. The van der Waals surface area contributed by atoms with Gasteiger partial charge in [0.15, 0.2) is 5.60 Å². The Balaban J connectivity index is 1.43. The van der Waals surface area contributed by atoms with E-state index in [0.29, 0.717) is 22.8 Å². The zero-order chi connectivity index (χ0) is 30.0. The number of carbonyl (C=O) groups is 1. The molecule has 10 heteroatoms. The lowest BCUT2D eigenvalue weighted by Gasteiger charge is -2.31. The summed E-state index contributed by atoms with van der Waals surface area (Å²) in [5, 5.41) is 15.8. The Bertz CT molecular complexity index is 2070. The maximum atomic E-state index is 13.8. The van der Waals surface area contributed by atoms with Crippen molar-refractivity contribution in [2.45, 2.75) is 38.6 Å². The minimum atomic E-state index is -1.90. The van der Waals surface area contributed by atoms with Gasteiger partial charge in [-0.05, 0) is 52.6 Å². The minimum absolute atomic E-state index is 0.0703. The molecular formula is C33H30N6O4. The fourth-order valence-electron chi connectivity index (χ4n) is 6.28. The van der Waals surface area contributed by atoms with Crippen molar-refractivity contribution in [3.63, 3.8) is 0 Å². The standard InChI is InChI=1S/C33H30N6O4/c1-2-33(42)25-13-28-30-23(15-39(28)31(40)24(25)17-43-32(33)41)22(14-38(36)16-26(35)19-7-10-20(34)11-8-19)29-21-6-4-3-5-18(21)9-12-27(29)37-30/h3-13,16,42H,2,14-15,17,34-36H2,1H3/b26-16-/t33-/m0/s1. The monoisotopic (exact) mass is 574 g/mol. The first-order chi connectivity index (χ1) is 20.7. The van der Waals surface area contributed by atoms with Crippen LogP contribution in [0.4, 0.5) is 5.69 Å². The van der Waals surface area contributed by atoms with Crippen molar-refractivity contribution < 1.29 is 14.6 Å². The second kappa shape index (κ2) is 9.69. The maximum Gasteiger partial charge on any atom is 0.343 e. The highest BCUT2D eigenvalue weighted by Gasteiger charge is 2.45. The molecule has 216 valence electrons. The molecule has 0 radical (unpaired) electrons. The van der Waals surface area contributed by atoms with Crippen molar-refractivity contribution >= 4 is 39.0 Å². The van der Waals surface area contributed by atoms with Crippen LogP contribution in [0.5, 0.6) is 0 Å². The Morgan fingerprint density at radius 3 is 2.65 bits per heavy atom. The lowest BCUT2D eigenvalue weighted by atomic mass is 9.86. The van der Waals surface area contributed by atoms with Gasteiger partial charge in [0.1, 0.15) is 6.61 Å². The van der Waals surface area contributed by atoms with Gasteiger partial charge < -0.3 is 30.9 Å². The number of pyridine rings is 2. The van der Waals surface area contributed by atoms with Crippen LogP contribution in [0.25, 0.3) is 38.8 Å². The maximum absolute atomic E-state index is 13.8. The van der Waals surface area contributed by atoms with Gasteiger partial charge in [-0.3, -0.25) is 4.79 Å². The van der Waals surface area contributed by atoms with E-state index in [-0.39, 0.29) is 42.8 Å². The average molecular weight is 575 g/mol. The number of fused-ring (bicyclic) bond motifs is 7.